The van der Waals surface area contributed by atoms with Gasteiger partial charge in [0.05, 0.1) is 15.8 Å². The lowest BCUT2D eigenvalue weighted by atomic mass is 10.1. The molecule has 0 aliphatic carbocycles. The molecule has 0 saturated carbocycles. The van der Waals surface area contributed by atoms with Crippen LogP contribution in [0.2, 0.25) is 4.34 Å². The molecule has 0 aromatic carbocycles. The number of thiophene rings is 1. The zero-order chi connectivity index (χ0) is 17.8. The van der Waals surface area contributed by atoms with Crippen molar-refractivity contribution in [1.82, 2.24) is 20.3 Å². The van der Waals surface area contributed by atoms with E-state index in [0.717, 1.165) is 25.9 Å². The molecule has 2 aromatic rings. The first-order chi connectivity index (χ1) is 12.0. The normalized spacial score (nSPS) is 14.4. The summed E-state index contributed by atoms with van der Waals surface area (Å²) in [5, 5.41) is 2.85. The van der Waals surface area contributed by atoms with Crippen LogP contribution in [0.4, 0.5) is 11.9 Å². The molecule has 1 amide bonds. The SMILES string of the molecule is CN(C)c1nc(CNC(=O)c2ccc(Cl)s2)nc(N2CCCCC2)n1. The molecule has 9 heteroatoms. The second-order valence-electron chi connectivity index (χ2n) is 6.08. The number of anilines is 2. The molecule has 134 valence electrons. The Morgan fingerprint density at radius 3 is 2.64 bits per heavy atom. The van der Waals surface area contributed by atoms with Crippen molar-refractivity contribution >= 4 is 40.7 Å². The molecule has 2 aromatic heterocycles. The van der Waals surface area contributed by atoms with Crippen LogP contribution in [0.25, 0.3) is 0 Å². The molecule has 25 heavy (non-hydrogen) atoms. The smallest absolute Gasteiger partial charge is 0.261 e. The third-order valence-electron chi connectivity index (χ3n) is 3.90. The first-order valence-electron chi connectivity index (χ1n) is 8.23. The van der Waals surface area contributed by atoms with Gasteiger partial charge < -0.3 is 15.1 Å². The van der Waals surface area contributed by atoms with Crippen molar-refractivity contribution in [1.29, 1.82) is 0 Å². The van der Waals surface area contributed by atoms with Crippen LogP contribution in [-0.4, -0.2) is 48.0 Å². The number of carbonyl (C=O) groups is 1. The number of rotatable bonds is 5. The molecule has 0 radical (unpaired) electrons. The summed E-state index contributed by atoms with van der Waals surface area (Å²) in [5.41, 5.74) is 0. The summed E-state index contributed by atoms with van der Waals surface area (Å²) in [6, 6.07) is 3.42. The summed E-state index contributed by atoms with van der Waals surface area (Å²) in [7, 11) is 3.79. The molecular formula is C16H21ClN6OS. The fraction of sp³-hybridized carbons (Fsp3) is 0.500. The molecule has 3 heterocycles. The highest BCUT2D eigenvalue weighted by atomic mass is 35.5. The first-order valence-corrected chi connectivity index (χ1v) is 9.43. The van der Waals surface area contributed by atoms with Gasteiger partial charge in [-0.05, 0) is 31.4 Å². The van der Waals surface area contributed by atoms with Crippen LogP contribution < -0.4 is 15.1 Å². The maximum Gasteiger partial charge on any atom is 0.261 e. The summed E-state index contributed by atoms with van der Waals surface area (Å²) in [6.45, 7) is 2.16. The molecule has 0 spiro atoms. The standard InChI is InChI=1S/C16H21ClN6OS/c1-22(2)15-19-13(10-18-14(24)11-6-7-12(17)25-11)20-16(21-15)23-8-4-3-5-9-23/h6-7H,3-5,8-10H2,1-2H3,(H,18,24). The third kappa shape index (κ3) is 4.58. The van der Waals surface area contributed by atoms with Gasteiger partial charge in [-0.2, -0.15) is 15.0 Å². The Morgan fingerprint density at radius 1 is 1.24 bits per heavy atom. The van der Waals surface area contributed by atoms with Crippen LogP contribution in [0.1, 0.15) is 34.8 Å². The van der Waals surface area contributed by atoms with Gasteiger partial charge in [0.15, 0.2) is 5.82 Å². The number of nitrogens with zero attached hydrogens (tertiary/aromatic N) is 5. The van der Waals surface area contributed by atoms with E-state index in [1.165, 1.54) is 17.8 Å². The second-order valence-corrected chi connectivity index (χ2v) is 7.80. The Bertz CT molecular complexity index is 744. The lowest BCUT2D eigenvalue weighted by Crippen LogP contribution is -2.32. The van der Waals surface area contributed by atoms with Crippen molar-refractivity contribution in [3.63, 3.8) is 0 Å². The lowest BCUT2D eigenvalue weighted by molar-refractivity contribution is 0.0954. The van der Waals surface area contributed by atoms with Gasteiger partial charge in [-0.1, -0.05) is 11.6 Å². The van der Waals surface area contributed by atoms with E-state index in [2.05, 4.69) is 25.2 Å². The minimum atomic E-state index is -0.178. The summed E-state index contributed by atoms with van der Waals surface area (Å²) in [6.07, 6.45) is 3.54. The fourth-order valence-corrected chi connectivity index (χ4v) is 3.55. The van der Waals surface area contributed by atoms with Gasteiger partial charge in [0.1, 0.15) is 0 Å². The number of piperidine rings is 1. The predicted molar refractivity (Wildman–Crippen MR) is 101 cm³/mol. The van der Waals surface area contributed by atoms with Gasteiger partial charge in [0.2, 0.25) is 11.9 Å². The third-order valence-corrected chi connectivity index (χ3v) is 5.13. The van der Waals surface area contributed by atoms with E-state index in [4.69, 9.17) is 11.6 Å². The van der Waals surface area contributed by atoms with E-state index in [0.29, 0.717) is 26.9 Å². The van der Waals surface area contributed by atoms with E-state index in [-0.39, 0.29) is 12.5 Å². The van der Waals surface area contributed by atoms with Gasteiger partial charge in [-0.3, -0.25) is 4.79 Å². The topological polar surface area (TPSA) is 74.2 Å². The molecule has 1 aliphatic heterocycles. The summed E-state index contributed by atoms with van der Waals surface area (Å²) < 4.78 is 0.590. The van der Waals surface area contributed by atoms with E-state index in [1.54, 1.807) is 12.1 Å². The lowest BCUT2D eigenvalue weighted by Gasteiger charge is -2.27. The largest absolute Gasteiger partial charge is 0.347 e. The van der Waals surface area contributed by atoms with Crippen LogP contribution in [0.15, 0.2) is 12.1 Å². The predicted octanol–water partition coefficient (Wildman–Crippen LogP) is 2.57. The van der Waals surface area contributed by atoms with Crippen LogP contribution in [0, 0.1) is 0 Å². The van der Waals surface area contributed by atoms with Gasteiger partial charge in [0, 0.05) is 27.2 Å². The molecule has 1 fully saturated rings. The number of aromatic nitrogens is 3. The van der Waals surface area contributed by atoms with E-state index in [9.17, 15) is 4.79 Å². The minimum Gasteiger partial charge on any atom is -0.347 e. The maximum atomic E-state index is 12.2. The average molecular weight is 381 g/mol. The Balaban J connectivity index is 1.75. The van der Waals surface area contributed by atoms with Crippen LogP contribution in [0.3, 0.4) is 0 Å². The van der Waals surface area contributed by atoms with Crippen molar-refractivity contribution in [2.45, 2.75) is 25.8 Å². The van der Waals surface area contributed by atoms with Gasteiger partial charge >= 0.3 is 0 Å². The quantitative estimate of drug-likeness (QED) is 0.859. The summed E-state index contributed by atoms with van der Waals surface area (Å²) >= 11 is 7.13. The first kappa shape index (κ1) is 17.9. The van der Waals surface area contributed by atoms with E-state index in [1.807, 2.05) is 19.0 Å². The number of carbonyl (C=O) groups excluding carboxylic acids is 1. The molecule has 1 saturated heterocycles. The summed E-state index contributed by atoms with van der Waals surface area (Å²) in [5.74, 6) is 1.65. The Kier molecular flexibility index (Phi) is 5.70. The van der Waals surface area contributed by atoms with Crippen molar-refractivity contribution in [2.75, 3.05) is 37.0 Å². The van der Waals surface area contributed by atoms with Crippen LogP contribution >= 0.6 is 22.9 Å². The molecule has 3 rings (SSSR count). The van der Waals surface area contributed by atoms with Crippen molar-refractivity contribution in [3.05, 3.63) is 27.2 Å². The fourth-order valence-electron chi connectivity index (χ4n) is 2.59. The zero-order valence-electron chi connectivity index (χ0n) is 14.3. The monoisotopic (exact) mass is 380 g/mol. The van der Waals surface area contributed by atoms with Crippen LogP contribution in [0.5, 0.6) is 0 Å². The molecule has 1 aliphatic rings. The number of hydrogen-bond donors (Lipinski definition) is 1. The summed E-state index contributed by atoms with van der Waals surface area (Å²) in [4.78, 5) is 30.3. The number of amides is 1. The molecule has 1 N–H and O–H groups in total. The minimum absolute atomic E-state index is 0.178. The molecule has 0 unspecified atom stereocenters. The number of halogens is 1. The van der Waals surface area contributed by atoms with Crippen molar-refractivity contribution < 1.29 is 4.79 Å². The molecule has 0 bridgehead atoms. The Labute approximate surface area is 156 Å². The van der Waals surface area contributed by atoms with E-state index >= 15 is 0 Å². The number of hydrogen-bond acceptors (Lipinski definition) is 7. The number of nitrogens with one attached hydrogen (secondary N) is 1. The second kappa shape index (κ2) is 7.97. The molecule has 7 nitrogen and oxygen atoms in total. The Morgan fingerprint density at radius 2 is 2.00 bits per heavy atom. The highest BCUT2D eigenvalue weighted by Crippen LogP contribution is 2.21. The maximum absolute atomic E-state index is 12.2. The molecule has 0 atom stereocenters. The van der Waals surface area contributed by atoms with Crippen molar-refractivity contribution in [3.8, 4) is 0 Å². The van der Waals surface area contributed by atoms with Gasteiger partial charge in [-0.15, -0.1) is 11.3 Å². The Hall–Kier alpha value is -1.93. The van der Waals surface area contributed by atoms with Gasteiger partial charge in [-0.25, -0.2) is 0 Å². The molecular weight excluding hydrogens is 360 g/mol. The average Bonchev–Trinajstić information content (AvgIpc) is 3.06. The van der Waals surface area contributed by atoms with E-state index < -0.39 is 0 Å². The van der Waals surface area contributed by atoms with Gasteiger partial charge in [0.25, 0.3) is 5.91 Å². The highest BCUT2D eigenvalue weighted by molar-refractivity contribution is 7.17. The zero-order valence-corrected chi connectivity index (χ0v) is 15.9. The van der Waals surface area contributed by atoms with Crippen molar-refractivity contribution in [2.24, 2.45) is 0 Å². The highest BCUT2D eigenvalue weighted by Gasteiger charge is 2.17. The van der Waals surface area contributed by atoms with Crippen LogP contribution in [-0.2, 0) is 6.54 Å².